The fourth-order valence-corrected chi connectivity index (χ4v) is 3.76. The van der Waals surface area contributed by atoms with E-state index in [1.807, 2.05) is 41.3 Å². The van der Waals surface area contributed by atoms with E-state index < -0.39 is 0 Å². The third-order valence-electron chi connectivity index (χ3n) is 4.73. The first kappa shape index (κ1) is 15.9. The number of nitrogens with zero attached hydrogens (tertiary/aromatic N) is 1. The Labute approximate surface area is 152 Å². The van der Waals surface area contributed by atoms with Crippen LogP contribution in [0.15, 0.2) is 78.9 Å². The summed E-state index contributed by atoms with van der Waals surface area (Å²) in [7, 11) is 0. The molecule has 0 aromatic heterocycles. The van der Waals surface area contributed by atoms with Gasteiger partial charge in [0.05, 0.1) is 6.04 Å². The summed E-state index contributed by atoms with van der Waals surface area (Å²) in [6.45, 7) is 0.696. The molecule has 0 saturated carbocycles. The molecule has 0 radical (unpaired) electrons. The molecular weight excluding hydrogens is 330 g/mol. The van der Waals surface area contributed by atoms with Crippen molar-refractivity contribution >= 4 is 17.5 Å². The maximum atomic E-state index is 13.2. The second kappa shape index (κ2) is 6.73. The minimum atomic E-state index is -0.0716. The van der Waals surface area contributed by atoms with Crippen LogP contribution in [-0.2, 0) is 6.42 Å². The number of hydrogen-bond donors (Lipinski definition) is 0. The third kappa shape index (κ3) is 3.06. The highest BCUT2D eigenvalue weighted by Crippen LogP contribution is 2.36. The Bertz CT molecular complexity index is 907. The molecule has 0 N–H and O–H groups in total. The molecule has 0 fully saturated rings. The van der Waals surface area contributed by atoms with Crippen molar-refractivity contribution < 1.29 is 4.79 Å². The molecule has 0 spiro atoms. The van der Waals surface area contributed by atoms with E-state index in [4.69, 9.17) is 11.6 Å². The van der Waals surface area contributed by atoms with Crippen LogP contribution in [0.25, 0.3) is 0 Å². The quantitative estimate of drug-likeness (QED) is 0.629. The van der Waals surface area contributed by atoms with Gasteiger partial charge < -0.3 is 4.90 Å². The predicted octanol–water partition coefficient (Wildman–Crippen LogP) is 5.13. The van der Waals surface area contributed by atoms with Crippen LogP contribution in [0.3, 0.4) is 0 Å². The fourth-order valence-electron chi connectivity index (χ4n) is 3.57. The number of rotatable bonds is 2. The molecular formula is C22H18ClNO. The van der Waals surface area contributed by atoms with Gasteiger partial charge in [0.15, 0.2) is 0 Å². The molecule has 1 unspecified atom stereocenters. The molecule has 1 aliphatic heterocycles. The van der Waals surface area contributed by atoms with E-state index in [2.05, 4.69) is 30.3 Å². The van der Waals surface area contributed by atoms with Crippen molar-refractivity contribution in [1.82, 2.24) is 4.90 Å². The lowest BCUT2D eigenvalue weighted by Gasteiger charge is -2.38. The van der Waals surface area contributed by atoms with Gasteiger partial charge >= 0.3 is 0 Å². The van der Waals surface area contributed by atoms with E-state index in [-0.39, 0.29) is 11.9 Å². The molecule has 1 amide bonds. The van der Waals surface area contributed by atoms with Crippen molar-refractivity contribution in [3.63, 3.8) is 0 Å². The Morgan fingerprint density at radius 1 is 0.920 bits per heavy atom. The average molecular weight is 348 g/mol. The zero-order valence-electron chi connectivity index (χ0n) is 13.7. The minimum Gasteiger partial charge on any atom is -0.327 e. The zero-order chi connectivity index (χ0) is 17.2. The Morgan fingerprint density at radius 3 is 2.48 bits per heavy atom. The van der Waals surface area contributed by atoms with Gasteiger partial charge in [-0.25, -0.2) is 0 Å². The summed E-state index contributed by atoms with van der Waals surface area (Å²) >= 11 is 6.09. The highest BCUT2D eigenvalue weighted by atomic mass is 35.5. The predicted molar refractivity (Wildman–Crippen MR) is 101 cm³/mol. The lowest BCUT2D eigenvalue weighted by atomic mass is 9.88. The fraction of sp³-hybridized carbons (Fsp3) is 0.136. The highest BCUT2D eigenvalue weighted by Gasteiger charge is 2.32. The molecule has 0 saturated heterocycles. The lowest BCUT2D eigenvalue weighted by molar-refractivity contribution is 0.0694. The summed E-state index contributed by atoms with van der Waals surface area (Å²) in [4.78, 5) is 15.2. The van der Waals surface area contributed by atoms with E-state index in [0.29, 0.717) is 17.1 Å². The summed E-state index contributed by atoms with van der Waals surface area (Å²) in [5.74, 6) is 0.0193. The van der Waals surface area contributed by atoms with Crippen LogP contribution in [0, 0.1) is 0 Å². The Kier molecular flexibility index (Phi) is 4.29. The first-order valence-corrected chi connectivity index (χ1v) is 8.81. The van der Waals surface area contributed by atoms with Gasteiger partial charge in [0.2, 0.25) is 0 Å². The molecule has 25 heavy (non-hydrogen) atoms. The normalized spacial score (nSPS) is 16.4. The maximum Gasteiger partial charge on any atom is 0.254 e. The number of carbonyl (C=O) groups is 1. The van der Waals surface area contributed by atoms with Gasteiger partial charge in [0, 0.05) is 17.1 Å². The number of halogens is 1. The van der Waals surface area contributed by atoms with Crippen LogP contribution in [0.5, 0.6) is 0 Å². The summed E-state index contributed by atoms with van der Waals surface area (Å²) in [6, 6.07) is 25.7. The van der Waals surface area contributed by atoms with Crippen LogP contribution < -0.4 is 0 Å². The second-order valence-electron chi connectivity index (χ2n) is 6.27. The molecule has 0 bridgehead atoms. The molecule has 2 nitrogen and oxygen atoms in total. The van der Waals surface area contributed by atoms with Crippen LogP contribution in [0.2, 0.25) is 5.02 Å². The number of fused-ring (bicyclic) bond motifs is 1. The van der Waals surface area contributed by atoms with Gasteiger partial charge in [-0.1, -0.05) is 72.3 Å². The maximum absolute atomic E-state index is 13.2. The molecule has 0 aliphatic carbocycles. The van der Waals surface area contributed by atoms with E-state index >= 15 is 0 Å². The SMILES string of the molecule is O=C(c1cccc(Cl)c1)N1CCc2ccccc2C1c1ccccc1. The van der Waals surface area contributed by atoms with E-state index in [0.717, 1.165) is 12.0 Å². The monoisotopic (exact) mass is 347 g/mol. The molecule has 1 aliphatic rings. The van der Waals surface area contributed by atoms with Gasteiger partial charge in [-0.15, -0.1) is 0 Å². The van der Waals surface area contributed by atoms with E-state index in [1.54, 1.807) is 12.1 Å². The topological polar surface area (TPSA) is 20.3 Å². The molecule has 3 heteroatoms. The van der Waals surface area contributed by atoms with Crippen molar-refractivity contribution in [3.05, 3.63) is 106 Å². The van der Waals surface area contributed by atoms with Crippen molar-refractivity contribution in [2.45, 2.75) is 12.5 Å². The summed E-state index contributed by atoms with van der Waals surface area (Å²) < 4.78 is 0. The van der Waals surface area contributed by atoms with Crippen molar-refractivity contribution in [2.24, 2.45) is 0 Å². The number of benzene rings is 3. The number of hydrogen-bond acceptors (Lipinski definition) is 1. The molecule has 3 aromatic rings. The number of amides is 1. The largest absolute Gasteiger partial charge is 0.327 e. The van der Waals surface area contributed by atoms with Crippen molar-refractivity contribution in [2.75, 3.05) is 6.54 Å². The first-order valence-electron chi connectivity index (χ1n) is 8.43. The first-order chi connectivity index (χ1) is 12.2. The summed E-state index contributed by atoms with van der Waals surface area (Å²) in [5, 5.41) is 0.583. The molecule has 4 rings (SSSR count). The van der Waals surface area contributed by atoms with Crippen molar-refractivity contribution in [1.29, 1.82) is 0 Å². The van der Waals surface area contributed by atoms with Gasteiger partial charge in [0.25, 0.3) is 5.91 Å². The Balaban J connectivity index is 1.80. The second-order valence-corrected chi connectivity index (χ2v) is 6.71. The van der Waals surface area contributed by atoms with E-state index in [1.165, 1.54) is 11.1 Å². The van der Waals surface area contributed by atoms with Crippen LogP contribution >= 0.6 is 11.6 Å². The van der Waals surface area contributed by atoms with Gasteiger partial charge in [-0.3, -0.25) is 4.79 Å². The van der Waals surface area contributed by atoms with E-state index in [9.17, 15) is 4.79 Å². The summed E-state index contributed by atoms with van der Waals surface area (Å²) in [6.07, 6.45) is 0.867. The molecule has 3 aromatic carbocycles. The zero-order valence-corrected chi connectivity index (χ0v) is 14.5. The molecule has 1 atom stereocenters. The van der Waals surface area contributed by atoms with Gasteiger partial charge in [-0.05, 0) is 41.3 Å². The van der Waals surface area contributed by atoms with Gasteiger partial charge in [-0.2, -0.15) is 0 Å². The Hall–Kier alpha value is -2.58. The van der Waals surface area contributed by atoms with Crippen LogP contribution in [-0.4, -0.2) is 17.4 Å². The van der Waals surface area contributed by atoms with Crippen LogP contribution in [0.1, 0.15) is 33.1 Å². The average Bonchev–Trinajstić information content (AvgIpc) is 2.67. The smallest absolute Gasteiger partial charge is 0.254 e. The van der Waals surface area contributed by atoms with Crippen LogP contribution in [0.4, 0.5) is 0 Å². The highest BCUT2D eigenvalue weighted by molar-refractivity contribution is 6.30. The van der Waals surface area contributed by atoms with Crippen molar-refractivity contribution in [3.8, 4) is 0 Å². The standard InChI is InChI=1S/C22H18ClNO/c23-19-11-6-10-18(15-19)22(25)24-14-13-16-7-4-5-12-20(16)21(24)17-8-2-1-3-9-17/h1-12,15,21H,13-14H2. The number of carbonyl (C=O) groups excluding carboxylic acids is 1. The minimum absolute atomic E-state index is 0.0193. The molecule has 124 valence electrons. The van der Waals surface area contributed by atoms with Gasteiger partial charge in [0.1, 0.15) is 0 Å². The molecule has 1 heterocycles. The lowest BCUT2D eigenvalue weighted by Crippen LogP contribution is -2.40. The Morgan fingerprint density at radius 2 is 1.68 bits per heavy atom. The summed E-state index contributed by atoms with van der Waals surface area (Å²) in [5.41, 5.74) is 4.28. The third-order valence-corrected chi connectivity index (χ3v) is 4.97.